The minimum absolute atomic E-state index is 0.00885. The molecule has 20 heavy (non-hydrogen) atoms. The van der Waals surface area contributed by atoms with Gasteiger partial charge in [0.05, 0.1) is 4.92 Å². The van der Waals surface area contributed by atoms with E-state index in [-0.39, 0.29) is 17.4 Å². The van der Waals surface area contributed by atoms with Gasteiger partial charge >= 0.3 is 0 Å². The Hall–Kier alpha value is -2.27. The van der Waals surface area contributed by atoms with Crippen molar-refractivity contribution in [3.8, 4) is 0 Å². The maximum Gasteiger partial charge on any atom is 0.292 e. The molecule has 0 saturated heterocycles. The lowest BCUT2D eigenvalue weighted by atomic mass is 10.1. The van der Waals surface area contributed by atoms with Crippen molar-refractivity contribution in [3.63, 3.8) is 0 Å². The molecule has 2 rings (SSSR count). The molecular formula is C14H14ClN3O2. The van der Waals surface area contributed by atoms with Crippen LogP contribution in [0.15, 0.2) is 42.5 Å². The van der Waals surface area contributed by atoms with Crippen molar-refractivity contribution in [1.29, 1.82) is 0 Å². The molecule has 0 saturated carbocycles. The minimum atomic E-state index is -0.500. The van der Waals surface area contributed by atoms with Gasteiger partial charge in [0, 0.05) is 22.8 Å². The summed E-state index contributed by atoms with van der Waals surface area (Å²) in [6, 6.07) is 12.1. The summed E-state index contributed by atoms with van der Waals surface area (Å²) in [5.74, 6) is 0. The van der Waals surface area contributed by atoms with E-state index in [0.717, 1.165) is 11.3 Å². The molecule has 5 nitrogen and oxygen atoms in total. The SMILES string of the molecule is CC(Nc1ccc([N+](=O)[O-])c(N)c1)c1cccc(Cl)c1. The van der Waals surface area contributed by atoms with Crippen LogP contribution in [0, 0.1) is 10.1 Å². The van der Waals surface area contributed by atoms with Crippen LogP contribution in [0.3, 0.4) is 0 Å². The fourth-order valence-electron chi connectivity index (χ4n) is 1.92. The van der Waals surface area contributed by atoms with Crippen LogP contribution in [-0.2, 0) is 0 Å². The standard InChI is InChI=1S/C14H14ClN3O2/c1-9(10-3-2-4-11(15)7-10)17-12-5-6-14(18(19)20)13(16)8-12/h2-9,17H,16H2,1H3. The fraction of sp³-hybridized carbons (Fsp3) is 0.143. The van der Waals surface area contributed by atoms with Crippen molar-refractivity contribution < 1.29 is 4.92 Å². The molecule has 0 aliphatic heterocycles. The van der Waals surface area contributed by atoms with E-state index in [0.29, 0.717) is 5.02 Å². The predicted octanol–water partition coefficient (Wildman–Crippen LogP) is 4.00. The first-order valence-corrected chi connectivity index (χ1v) is 6.41. The lowest BCUT2D eigenvalue weighted by Gasteiger charge is -2.16. The third-order valence-electron chi connectivity index (χ3n) is 2.96. The number of hydrogen-bond donors (Lipinski definition) is 2. The molecule has 0 amide bonds. The van der Waals surface area contributed by atoms with E-state index in [1.54, 1.807) is 12.1 Å². The lowest BCUT2D eigenvalue weighted by Crippen LogP contribution is -2.07. The van der Waals surface area contributed by atoms with Crippen LogP contribution >= 0.6 is 11.6 Å². The molecule has 2 aromatic rings. The maximum atomic E-state index is 10.7. The van der Waals surface area contributed by atoms with E-state index >= 15 is 0 Å². The first kappa shape index (κ1) is 14.1. The molecular weight excluding hydrogens is 278 g/mol. The number of nitro groups is 1. The van der Waals surface area contributed by atoms with Crippen LogP contribution in [-0.4, -0.2) is 4.92 Å². The second kappa shape index (κ2) is 5.79. The Bertz CT molecular complexity index is 646. The average molecular weight is 292 g/mol. The Balaban J connectivity index is 2.18. The summed E-state index contributed by atoms with van der Waals surface area (Å²) in [4.78, 5) is 10.2. The number of anilines is 2. The van der Waals surface area contributed by atoms with Gasteiger partial charge in [-0.25, -0.2) is 0 Å². The third-order valence-corrected chi connectivity index (χ3v) is 3.19. The molecule has 0 bridgehead atoms. The van der Waals surface area contributed by atoms with Gasteiger partial charge < -0.3 is 11.1 Å². The number of benzene rings is 2. The Morgan fingerprint density at radius 3 is 2.65 bits per heavy atom. The van der Waals surface area contributed by atoms with E-state index in [1.165, 1.54) is 6.07 Å². The summed E-state index contributed by atoms with van der Waals surface area (Å²) in [6.07, 6.45) is 0. The zero-order valence-corrected chi connectivity index (χ0v) is 11.6. The second-order valence-electron chi connectivity index (χ2n) is 4.45. The van der Waals surface area contributed by atoms with Gasteiger partial charge in [0.2, 0.25) is 0 Å². The average Bonchev–Trinajstić information content (AvgIpc) is 2.38. The van der Waals surface area contributed by atoms with Crippen molar-refractivity contribution in [2.75, 3.05) is 11.1 Å². The van der Waals surface area contributed by atoms with E-state index in [1.807, 2.05) is 31.2 Å². The first-order chi connectivity index (χ1) is 9.47. The molecule has 0 heterocycles. The number of nitrogens with zero attached hydrogens (tertiary/aromatic N) is 1. The number of nitro benzene ring substituents is 1. The molecule has 0 aliphatic carbocycles. The van der Waals surface area contributed by atoms with Crippen molar-refractivity contribution >= 4 is 28.7 Å². The van der Waals surface area contributed by atoms with E-state index in [2.05, 4.69) is 5.32 Å². The molecule has 0 fully saturated rings. The van der Waals surface area contributed by atoms with Crippen LogP contribution in [0.25, 0.3) is 0 Å². The van der Waals surface area contributed by atoms with Gasteiger partial charge in [-0.2, -0.15) is 0 Å². The molecule has 1 unspecified atom stereocenters. The molecule has 6 heteroatoms. The van der Waals surface area contributed by atoms with Gasteiger partial charge in [-0.1, -0.05) is 23.7 Å². The van der Waals surface area contributed by atoms with Crippen molar-refractivity contribution in [1.82, 2.24) is 0 Å². The zero-order chi connectivity index (χ0) is 14.7. The summed E-state index contributed by atoms with van der Waals surface area (Å²) in [6.45, 7) is 1.98. The Morgan fingerprint density at radius 1 is 1.30 bits per heavy atom. The van der Waals surface area contributed by atoms with Gasteiger partial charge in [-0.05, 0) is 36.8 Å². The quantitative estimate of drug-likeness (QED) is 0.507. The normalized spacial score (nSPS) is 11.9. The molecule has 0 spiro atoms. The Labute approximate surface area is 121 Å². The van der Waals surface area contributed by atoms with Crippen LogP contribution in [0.2, 0.25) is 5.02 Å². The maximum absolute atomic E-state index is 10.7. The van der Waals surface area contributed by atoms with Gasteiger partial charge in [0.25, 0.3) is 5.69 Å². The van der Waals surface area contributed by atoms with Crippen LogP contribution < -0.4 is 11.1 Å². The molecule has 0 aromatic heterocycles. The highest BCUT2D eigenvalue weighted by Gasteiger charge is 2.12. The second-order valence-corrected chi connectivity index (χ2v) is 4.89. The summed E-state index contributed by atoms with van der Waals surface area (Å²) >= 11 is 5.95. The highest BCUT2D eigenvalue weighted by molar-refractivity contribution is 6.30. The summed E-state index contributed by atoms with van der Waals surface area (Å²) < 4.78 is 0. The van der Waals surface area contributed by atoms with Crippen LogP contribution in [0.4, 0.5) is 17.1 Å². The molecule has 3 N–H and O–H groups in total. The zero-order valence-electron chi connectivity index (χ0n) is 10.8. The molecule has 2 aromatic carbocycles. The Kier molecular flexibility index (Phi) is 4.10. The van der Waals surface area contributed by atoms with E-state index < -0.39 is 4.92 Å². The Morgan fingerprint density at radius 2 is 2.05 bits per heavy atom. The summed E-state index contributed by atoms with van der Waals surface area (Å²) in [5.41, 5.74) is 7.45. The smallest absolute Gasteiger partial charge is 0.292 e. The summed E-state index contributed by atoms with van der Waals surface area (Å²) in [5, 5.41) is 14.6. The van der Waals surface area contributed by atoms with E-state index in [9.17, 15) is 10.1 Å². The van der Waals surface area contributed by atoms with Crippen molar-refractivity contribution in [2.45, 2.75) is 13.0 Å². The molecule has 1 atom stereocenters. The van der Waals surface area contributed by atoms with Crippen LogP contribution in [0.5, 0.6) is 0 Å². The first-order valence-electron chi connectivity index (χ1n) is 6.03. The largest absolute Gasteiger partial charge is 0.393 e. The topological polar surface area (TPSA) is 81.2 Å². The lowest BCUT2D eigenvalue weighted by molar-refractivity contribution is -0.383. The fourth-order valence-corrected chi connectivity index (χ4v) is 2.12. The van der Waals surface area contributed by atoms with Crippen molar-refractivity contribution in [2.24, 2.45) is 0 Å². The molecule has 104 valence electrons. The number of nitrogens with two attached hydrogens (primary N) is 1. The third kappa shape index (κ3) is 3.19. The predicted molar refractivity (Wildman–Crippen MR) is 81.0 cm³/mol. The highest BCUT2D eigenvalue weighted by Crippen LogP contribution is 2.27. The number of nitrogens with one attached hydrogen (secondary N) is 1. The monoisotopic (exact) mass is 291 g/mol. The number of rotatable bonds is 4. The van der Waals surface area contributed by atoms with Crippen LogP contribution in [0.1, 0.15) is 18.5 Å². The summed E-state index contributed by atoms with van der Waals surface area (Å²) in [7, 11) is 0. The number of hydrogen-bond acceptors (Lipinski definition) is 4. The van der Waals surface area contributed by atoms with Gasteiger partial charge in [-0.3, -0.25) is 10.1 Å². The molecule has 0 radical (unpaired) electrons. The van der Waals surface area contributed by atoms with Gasteiger partial charge in [-0.15, -0.1) is 0 Å². The molecule has 0 aliphatic rings. The number of halogens is 1. The van der Waals surface area contributed by atoms with Gasteiger partial charge in [0.15, 0.2) is 0 Å². The number of nitrogen functional groups attached to an aromatic ring is 1. The minimum Gasteiger partial charge on any atom is -0.393 e. The highest BCUT2D eigenvalue weighted by atomic mass is 35.5. The van der Waals surface area contributed by atoms with Gasteiger partial charge in [0.1, 0.15) is 5.69 Å². The van der Waals surface area contributed by atoms with E-state index in [4.69, 9.17) is 17.3 Å². The van der Waals surface area contributed by atoms with Crippen molar-refractivity contribution in [3.05, 3.63) is 63.2 Å².